The Kier molecular flexibility index (Phi) is 6.60. The molecule has 3 nitrogen and oxygen atoms in total. The molecular formula is C35H28NO2P. The first-order chi connectivity index (χ1) is 19.2. The molecule has 0 saturated heterocycles. The molecule has 7 rings (SSSR count). The molecule has 7 aromatic rings. The maximum atomic E-state index is 14.8. The van der Waals surface area contributed by atoms with Crippen LogP contribution in [0.25, 0.3) is 44.1 Å². The van der Waals surface area contributed by atoms with E-state index in [0.29, 0.717) is 0 Å². The lowest BCUT2D eigenvalue weighted by Crippen LogP contribution is -2.24. The molecule has 0 aliphatic carbocycles. The molecule has 0 atom stereocenters. The monoisotopic (exact) mass is 525 g/mol. The third kappa shape index (κ3) is 4.16. The van der Waals surface area contributed by atoms with Crippen LogP contribution in [0.5, 0.6) is 0 Å². The molecule has 190 valence electrons. The van der Waals surface area contributed by atoms with Crippen molar-refractivity contribution < 1.29 is 8.98 Å². The fraction of sp³-hybridized carbons (Fsp3) is 0.0571. The Balaban J connectivity index is 0.00000135. The Morgan fingerprint density at radius 1 is 0.564 bits per heavy atom. The first kappa shape index (κ1) is 24.9. The van der Waals surface area contributed by atoms with E-state index >= 15 is 0 Å². The van der Waals surface area contributed by atoms with Gasteiger partial charge in [0.1, 0.15) is 11.1 Å². The van der Waals surface area contributed by atoms with E-state index in [0.717, 1.165) is 60.0 Å². The van der Waals surface area contributed by atoms with Gasteiger partial charge in [-0.1, -0.05) is 129 Å². The first-order valence-corrected chi connectivity index (χ1v) is 15.0. The van der Waals surface area contributed by atoms with Crippen LogP contribution < -0.4 is 15.9 Å². The smallest absolute Gasteiger partial charge is 0.171 e. The van der Waals surface area contributed by atoms with Gasteiger partial charge in [-0.15, -0.1) is 0 Å². The summed E-state index contributed by atoms with van der Waals surface area (Å²) in [4.78, 5) is 4.95. The number of nitrogens with zero attached hydrogens (tertiary/aromatic N) is 1. The lowest BCUT2D eigenvalue weighted by atomic mass is 9.99. The van der Waals surface area contributed by atoms with Gasteiger partial charge in [0, 0.05) is 32.2 Å². The first-order valence-electron chi connectivity index (χ1n) is 13.3. The maximum Gasteiger partial charge on any atom is 0.171 e. The molecule has 0 fully saturated rings. The van der Waals surface area contributed by atoms with Crippen molar-refractivity contribution in [3.05, 3.63) is 133 Å². The number of fused-ring (bicyclic) bond motifs is 4. The second-order valence-corrected chi connectivity index (χ2v) is 11.9. The standard InChI is InChI=1S/C33H22NO2P.C2H6/c35-37(24-11-3-1-4-12-24,25-13-5-2-6-14-25)26-21-19-23(20-22-26)31-27-15-7-9-17-29(27)34-32-28-16-8-10-18-30(28)36-33(31)32;1-2/h1-22H;1-2H3. The summed E-state index contributed by atoms with van der Waals surface area (Å²) in [5.74, 6) is 0. The van der Waals surface area contributed by atoms with Crippen molar-refractivity contribution in [2.75, 3.05) is 0 Å². The van der Waals surface area contributed by atoms with Crippen LogP contribution in [-0.2, 0) is 4.57 Å². The molecular weight excluding hydrogens is 497 g/mol. The molecule has 0 unspecified atom stereocenters. The topological polar surface area (TPSA) is 43.1 Å². The van der Waals surface area contributed by atoms with Crippen molar-refractivity contribution in [1.82, 2.24) is 4.98 Å². The predicted molar refractivity (Wildman–Crippen MR) is 165 cm³/mol. The summed E-state index contributed by atoms with van der Waals surface area (Å²) in [7, 11) is -3.04. The van der Waals surface area contributed by atoms with Gasteiger partial charge in [-0.3, -0.25) is 0 Å². The van der Waals surface area contributed by atoms with Gasteiger partial charge < -0.3 is 8.98 Å². The molecule has 0 bridgehead atoms. The van der Waals surface area contributed by atoms with Crippen LogP contribution in [0.15, 0.2) is 138 Å². The average Bonchev–Trinajstić information content (AvgIpc) is 3.39. The predicted octanol–water partition coefficient (Wildman–Crippen LogP) is 8.47. The zero-order valence-electron chi connectivity index (χ0n) is 21.9. The summed E-state index contributed by atoms with van der Waals surface area (Å²) >= 11 is 0. The molecule has 0 N–H and O–H groups in total. The normalized spacial score (nSPS) is 11.4. The van der Waals surface area contributed by atoms with Gasteiger partial charge >= 0.3 is 0 Å². The SMILES string of the molecule is CC.O=P(c1ccccc1)(c1ccccc1)c1ccc(-c2c3ccccc3nc3c2oc2ccccc23)cc1. The Bertz CT molecular complexity index is 1900. The zero-order chi connectivity index (χ0) is 26.8. The van der Waals surface area contributed by atoms with E-state index in [-0.39, 0.29) is 0 Å². The van der Waals surface area contributed by atoms with Gasteiger partial charge in [0.2, 0.25) is 0 Å². The minimum atomic E-state index is -3.04. The fourth-order valence-corrected chi connectivity index (χ4v) is 7.83. The van der Waals surface area contributed by atoms with Crippen LogP contribution in [-0.4, -0.2) is 4.98 Å². The lowest BCUT2D eigenvalue weighted by Gasteiger charge is -2.20. The van der Waals surface area contributed by atoms with E-state index in [2.05, 4.69) is 18.2 Å². The molecule has 0 amide bonds. The van der Waals surface area contributed by atoms with Crippen LogP contribution in [0.4, 0.5) is 0 Å². The number of hydrogen-bond donors (Lipinski definition) is 0. The third-order valence-electron chi connectivity index (χ3n) is 6.96. The maximum absolute atomic E-state index is 14.8. The minimum Gasteiger partial charge on any atom is -0.454 e. The van der Waals surface area contributed by atoms with Crippen molar-refractivity contribution in [3.8, 4) is 11.1 Å². The summed E-state index contributed by atoms with van der Waals surface area (Å²) in [6.07, 6.45) is 0. The summed E-state index contributed by atoms with van der Waals surface area (Å²) in [6.45, 7) is 4.00. The molecule has 0 aliphatic heterocycles. The van der Waals surface area contributed by atoms with Crippen molar-refractivity contribution in [3.63, 3.8) is 0 Å². The molecule has 2 aromatic heterocycles. The third-order valence-corrected chi connectivity index (χ3v) is 10.0. The molecule has 5 aromatic carbocycles. The minimum absolute atomic E-state index is 0.766. The van der Waals surface area contributed by atoms with Gasteiger partial charge in [0.25, 0.3) is 0 Å². The van der Waals surface area contributed by atoms with Crippen LogP contribution in [0, 0.1) is 0 Å². The van der Waals surface area contributed by atoms with E-state index in [4.69, 9.17) is 9.40 Å². The lowest BCUT2D eigenvalue weighted by molar-refractivity contribution is 0.592. The number of benzene rings is 5. The van der Waals surface area contributed by atoms with Crippen molar-refractivity contribution in [2.45, 2.75) is 13.8 Å². The number of furan rings is 1. The van der Waals surface area contributed by atoms with E-state index in [1.54, 1.807) is 0 Å². The summed E-state index contributed by atoms with van der Waals surface area (Å²) in [5.41, 5.74) is 5.35. The van der Waals surface area contributed by atoms with E-state index < -0.39 is 7.14 Å². The van der Waals surface area contributed by atoms with Gasteiger partial charge in [0.15, 0.2) is 12.7 Å². The highest BCUT2D eigenvalue weighted by atomic mass is 31.2. The van der Waals surface area contributed by atoms with Crippen LogP contribution in [0.2, 0.25) is 0 Å². The highest BCUT2D eigenvalue weighted by Crippen LogP contribution is 2.44. The largest absolute Gasteiger partial charge is 0.454 e. The van der Waals surface area contributed by atoms with Gasteiger partial charge in [-0.25, -0.2) is 4.98 Å². The molecule has 0 radical (unpaired) electrons. The quantitative estimate of drug-likeness (QED) is 0.217. The van der Waals surface area contributed by atoms with Gasteiger partial charge in [0.05, 0.1) is 5.52 Å². The summed E-state index contributed by atoms with van der Waals surface area (Å²) in [6, 6.07) is 43.8. The van der Waals surface area contributed by atoms with Crippen molar-refractivity contribution >= 4 is 56.0 Å². The van der Waals surface area contributed by atoms with E-state index in [9.17, 15) is 4.57 Å². The Morgan fingerprint density at radius 2 is 1.08 bits per heavy atom. The molecule has 0 saturated carbocycles. The average molecular weight is 526 g/mol. The number of pyridine rings is 1. The Morgan fingerprint density at radius 3 is 1.72 bits per heavy atom. The molecule has 0 aliphatic rings. The summed E-state index contributed by atoms with van der Waals surface area (Å²) < 4.78 is 21.1. The number of para-hydroxylation sites is 2. The Hall–Kier alpha value is -4.46. The molecule has 4 heteroatoms. The van der Waals surface area contributed by atoms with Crippen LogP contribution in [0.3, 0.4) is 0 Å². The highest BCUT2D eigenvalue weighted by molar-refractivity contribution is 7.85. The fourth-order valence-electron chi connectivity index (χ4n) is 5.19. The van der Waals surface area contributed by atoms with E-state index in [1.165, 1.54) is 0 Å². The second kappa shape index (κ2) is 10.4. The number of rotatable bonds is 4. The Labute approximate surface area is 228 Å². The van der Waals surface area contributed by atoms with Gasteiger partial charge in [-0.05, 0) is 23.8 Å². The molecule has 2 heterocycles. The second-order valence-electron chi connectivity index (χ2n) is 9.11. The van der Waals surface area contributed by atoms with Crippen LogP contribution >= 0.6 is 7.14 Å². The molecule has 39 heavy (non-hydrogen) atoms. The highest BCUT2D eigenvalue weighted by Gasteiger charge is 2.29. The van der Waals surface area contributed by atoms with E-state index in [1.807, 2.05) is 129 Å². The molecule has 0 spiro atoms. The zero-order valence-corrected chi connectivity index (χ0v) is 22.8. The number of hydrogen-bond acceptors (Lipinski definition) is 3. The van der Waals surface area contributed by atoms with Crippen molar-refractivity contribution in [1.29, 1.82) is 0 Å². The van der Waals surface area contributed by atoms with Crippen LogP contribution in [0.1, 0.15) is 13.8 Å². The van der Waals surface area contributed by atoms with Gasteiger partial charge in [-0.2, -0.15) is 0 Å². The summed E-state index contributed by atoms with van der Waals surface area (Å²) in [5, 5.41) is 4.47. The van der Waals surface area contributed by atoms with Crippen molar-refractivity contribution in [2.24, 2.45) is 0 Å². The number of aromatic nitrogens is 1.